The van der Waals surface area contributed by atoms with Crippen LogP contribution in [0.15, 0.2) is 4.99 Å². The van der Waals surface area contributed by atoms with Crippen LogP contribution < -0.4 is 16.0 Å². The van der Waals surface area contributed by atoms with Crippen LogP contribution in [-0.2, 0) is 9.53 Å². The molecule has 7 heteroatoms. The second kappa shape index (κ2) is 9.22. The smallest absolute Gasteiger partial charge is 0.222 e. The number of halogens is 1. The van der Waals surface area contributed by atoms with E-state index in [0.29, 0.717) is 31.2 Å². The van der Waals surface area contributed by atoms with Gasteiger partial charge in [0.05, 0.1) is 6.10 Å². The number of ether oxygens (including phenoxy) is 1. The standard InChI is InChI=1S/C17H32N4O2.HI/c1-11(2)15(22)19-8-9-20-16(18-5)21-13-12-7-6-10-23-14(12)17(13,3)4;/h11-14H,6-10H2,1-5H3,(H,19,22)(H2,18,20,21);1H. The van der Waals surface area contributed by atoms with E-state index >= 15 is 0 Å². The van der Waals surface area contributed by atoms with Crippen molar-refractivity contribution in [3.8, 4) is 0 Å². The van der Waals surface area contributed by atoms with Gasteiger partial charge >= 0.3 is 0 Å². The van der Waals surface area contributed by atoms with E-state index in [1.54, 1.807) is 7.05 Å². The Balaban J connectivity index is 0.00000288. The van der Waals surface area contributed by atoms with Gasteiger partial charge < -0.3 is 20.7 Å². The summed E-state index contributed by atoms with van der Waals surface area (Å²) in [7, 11) is 1.78. The van der Waals surface area contributed by atoms with E-state index in [4.69, 9.17) is 4.74 Å². The molecule has 2 aliphatic rings. The van der Waals surface area contributed by atoms with E-state index in [9.17, 15) is 4.79 Å². The van der Waals surface area contributed by atoms with Gasteiger partial charge in [-0.25, -0.2) is 0 Å². The van der Waals surface area contributed by atoms with Gasteiger partial charge in [0.1, 0.15) is 0 Å². The van der Waals surface area contributed by atoms with Crippen molar-refractivity contribution in [1.29, 1.82) is 0 Å². The molecule has 0 aromatic rings. The van der Waals surface area contributed by atoms with Crippen molar-refractivity contribution < 1.29 is 9.53 Å². The first kappa shape index (κ1) is 21.5. The molecule has 0 bridgehead atoms. The van der Waals surface area contributed by atoms with Crippen LogP contribution in [0.3, 0.4) is 0 Å². The number of amides is 1. The molecule has 1 amide bonds. The molecule has 1 heterocycles. The van der Waals surface area contributed by atoms with Crippen molar-refractivity contribution >= 4 is 35.8 Å². The number of nitrogens with zero attached hydrogens (tertiary/aromatic N) is 1. The minimum Gasteiger partial charge on any atom is -0.377 e. The van der Waals surface area contributed by atoms with Gasteiger partial charge in [0, 0.05) is 50.0 Å². The van der Waals surface area contributed by atoms with Gasteiger partial charge in [-0.1, -0.05) is 27.7 Å². The van der Waals surface area contributed by atoms with Crippen molar-refractivity contribution in [3.63, 3.8) is 0 Å². The van der Waals surface area contributed by atoms with Crippen LogP contribution in [0, 0.1) is 17.3 Å². The van der Waals surface area contributed by atoms with E-state index in [-0.39, 0.29) is 41.2 Å². The average Bonchev–Trinajstić information content (AvgIpc) is 2.53. The molecule has 0 radical (unpaired) electrons. The molecule has 3 N–H and O–H groups in total. The Morgan fingerprint density at radius 3 is 2.58 bits per heavy atom. The highest BCUT2D eigenvalue weighted by atomic mass is 127. The van der Waals surface area contributed by atoms with Crippen LogP contribution in [0.5, 0.6) is 0 Å². The number of carbonyl (C=O) groups excluding carboxylic acids is 1. The zero-order chi connectivity index (χ0) is 17.0. The summed E-state index contributed by atoms with van der Waals surface area (Å²) in [4.78, 5) is 15.8. The first-order valence-electron chi connectivity index (χ1n) is 8.74. The summed E-state index contributed by atoms with van der Waals surface area (Å²) in [5.74, 6) is 1.47. The van der Waals surface area contributed by atoms with Crippen LogP contribution in [0.1, 0.15) is 40.5 Å². The fourth-order valence-corrected chi connectivity index (χ4v) is 3.73. The fraction of sp³-hybridized carbons (Fsp3) is 0.882. The molecule has 0 aromatic heterocycles. The summed E-state index contributed by atoms with van der Waals surface area (Å²) in [6.45, 7) is 10.5. The van der Waals surface area contributed by atoms with Gasteiger partial charge in [0.15, 0.2) is 5.96 Å². The SMILES string of the molecule is CN=C(NCCNC(=O)C(C)C)NC1C2CCCOC2C1(C)C.I. The van der Waals surface area contributed by atoms with Gasteiger partial charge in [0.25, 0.3) is 0 Å². The van der Waals surface area contributed by atoms with Gasteiger partial charge in [-0.05, 0) is 12.8 Å². The van der Waals surface area contributed by atoms with Crippen LogP contribution in [0.4, 0.5) is 0 Å². The van der Waals surface area contributed by atoms with Gasteiger partial charge in [-0.15, -0.1) is 24.0 Å². The molecule has 0 aromatic carbocycles. The molecule has 2 fully saturated rings. The van der Waals surface area contributed by atoms with E-state index in [2.05, 4.69) is 34.8 Å². The highest BCUT2D eigenvalue weighted by Gasteiger charge is 2.58. The molecule has 1 aliphatic carbocycles. The highest BCUT2D eigenvalue weighted by molar-refractivity contribution is 14.0. The third-order valence-corrected chi connectivity index (χ3v) is 5.09. The number of carbonyl (C=O) groups is 1. The van der Waals surface area contributed by atoms with Crippen LogP contribution in [0.25, 0.3) is 0 Å². The lowest BCUT2D eigenvalue weighted by Gasteiger charge is -2.60. The predicted molar refractivity (Wildman–Crippen MR) is 108 cm³/mol. The van der Waals surface area contributed by atoms with Crippen LogP contribution in [-0.4, -0.2) is 50.8 Å². The number of guanidine groups is 1. The highest BCUT2D eigenvalue weighted by Crippen LogP contribution is 2.51. The number of fused-ring (bicyclic) bond motifs is 1. The molecule has 3 atom stereocenters. The third kappa shape index (κ3) is 4.74. The van der Waals surface area contributed by atoms with E-state index < -0.39 is 0 Å². The topological polar surface area (TPSA) is 74.8 Å². The summed E-state index contributed by atoms with van der Waals surface area (Å²) in [5.41, 5.74) is 0.120. The Kier molecular flexibility index (Phi) is 8.25. The van der Waals surface area contributed by atoms with Crippen molar-refractivity contribution in [1.82, 2.24) is 16.0 Å². The molecular formula is C17H33IN4O2. The number of hydrogen-bond acceptors (Lipinski definition) is 3. The molecule has 24 heavy (non-hydrogen) atoms. The maximum Gasteiger partial charge on any atom is 0.222 e. The number of hydrogen-bond donors (Lipinski definition) is 3. The Morgan fingerprint density at radius 1 is 1.29 bits per heavy atom. The normalized spacial score (nSPS) is 28.2. The van der Waals surface area contributed by atoms with Gasteiger partial charge in [0.2, 0.25) is 5.91 Å². The fourth-order valence-electron chi connectivity index (χ4n) is 3.73. The Morgan fingerprint density at radius 2 is 1.96 bits per heavy atom. The van der Waals surface area contributed by atoms with Crippen molar-refractivity contribution in [2.24, 2.45) is 22.2 Å². The first-order valence-corrected chi connectivity index (χ1v) is 8.74. The quantitative estimate of drug-likeness (QED) is 0.257. The third-order valence-electron chi connectivity index (χ3n) is 5.09. The first-order chi connectivity index (χ1) is 10.9. The number of aliphatic imine (C=N–C) groups is 1. The van der Waals surface area contributed by atoms with Crippen molar-refractivity contribution in [2.75, 3.05) is 26.7 Å². The molecule has 0 spiro atoms. The summed E-state index contributed by atoms with van der Waals surface area (Å²) in [6.07, 6.45) is 2.72. The van der Waals surface area contributed by atoms with Crippen LogP contribution >= 0.6 is 24.0 Å². The van der Waals surface area contributed by atoms with E-state index in [1.165, 1.54) is 6.42 Å². The van der Waals surface area contributed by atoms with Crippen LogP contribution in [0.2, 0.25) is 0 Å². The lowest BCUT2D eigenvalue weighted by molar-refractivity contribution is -0.188. The maximum absolute atomic E-state index is 11.5. The second-order valence-electron chi connectivity index (χ2n) is 7.49. The molecular weight excluding hydrogens is 419 g/mol. The van der Waals surface area contributed by atoms with Gasteiger partial charge in [-0.2, -0.15) is 0 Å². The molecule has 3 unspecified atom stereocenters. The monoisotopic (exact) mass is 452 g/mol. The number of rotatable bonds is 5. The van der Waals surface area contributed by atoms with Gasteiger partial charge in [-0.3, -0.25) is 9.79 Å². The van der Waals surface area contributed by atoms with Crippen molar-refractivity contribution in [3.05, 3.63) is 0 Å². The zero-order valence-electron chi connectivity index (χ0n) is 15.5. The summed E-state index contributed by atoms with van der Waals surface area (Å²) in [6, 6.07) is 0.379. The van der Waals surface area contributed by atoms with Crippen molar-refractivity contribution in [2.45, 2.75) is 52.7 Å². The van der Waals surface area contributed by atoms with E-state index in [0.717, 1.165) is 19.0 Å². The Hall–Kier alpha value is -0.570. The minimum atomic E-state index is 0. The summed E-state index contributed by atoms with van der Waals surface area (Å²) < 4.78 is 5.94. The lowest BCUT2D eigenvalue weighted by Crippen LogP contribution is -2.71. The minimum absolute atomic E-state index is 0. The zero-order valence-corrected chi connectivity index (χ0v) is 17.8. The maximum atomic E-state index is 11.5. The molecule has 1 saturated carbocycles. The molecule has 6 nitrogen and oxygen atoms in total. The molecule has 140 valence electrons. The Bertz CT molecular complexity index is 454. The Labute approximate surface area is 163 Å². The number of nitrogens with one attached hydrogen (secondary N) is 3. The largest absolute Gasteiger partial charge is 0.377 e. The molecule has 2 rings (SSSR count). The summed E-state index contributed by atoms with van der Waals surface area (Å²) >= 11 is 0. The molecule has 1 aliphatic heterocycles. The second-order valence-corrected chi connectivity index (χ2v) is 7.49. The summed E-state index contributed by atoms with van der Waals surface area (Å²) in [5, 5.41) is 9.73. The lowest BCUT2D eigenvalue weighted by atomic mass is 9.55. The molecule has 1 saturated heterocycles. The predicted octanol–water partition coefficient (Wildman–Crippen LogP) is 1.75. The van der Waals surface area contributed by atoms with E-state index in [1.807, 2.05) is 13.8 Å². The average molecular weight is 452 g/mol.